The van der Waals surface area contributed by atoms with Gasteiger partial charge in [-0.3, -0.25) is 0 Å². The second-order valence-corrected chi connectivity index (χ2v) is 4.25. The molecule has 0 atom stereocenters. The molecule has 4 N–H and O–H groups in total. The number of rotatable bonds is 1. The molecule has 2 rings (SSSR count). The SMILES string of the molecule is CCc1cc2cc(N)c(N)cc2s1. The van der Waals surface area contributed by atoms with Crippen molar-refractivity contribution in [1.29, 1.82) is 0 Å². The van der Waals surface area contributed by atoms with Crippen molar-refractivity contribution in [3.63, 3.8) is 0 Å². The van der Waals surface area contributed by atoms with Crippen molar-refractivity contribution in [3.8, 4) is 0 Å². The van der Waals surface area contributed by atoms with Crippen molar-refractivity contribution < 1.29 is 0 Å². The Morgan fingerprint density at radius 3 is 2.54 bits per heavy atom. The smallest absolute Gasteiger partial charge is 0.0562 e. The normalized spacial score (nSPS) is 10.8. The molecule has 2 nitrogen and oxygen atoms in total. The van der Waals surface area contributed by atoms with Gasteiger partial charge in [0.05, 0.1) is 11.4 Å². The average molecular weight is 192 g/mol. The summed E-state index contributed by atoms with van der Waals surface area (Å²) in [6, 6.07) is 6.07. The number of fused-ring (bicyclic) bond motifs is 1. The summed E-state index contributed by atoms with van der Waals surface area (Å²) < 4.78 is 1.23. The molecule has 0 aliphatic heterocycles. The van der Waals surface area contributed by atoms with Gasteiger partial charge in [-0.1, -0.05) is 6.92 Å². The predicted molar refractivity (Wildman–Crippen MR) is 60.0 cm³/mol. The molecule has 2 aromatic rings. The van der Waals surface area contributed by atoms with Crippen LogP contribution in [0.25, 0.3) is 10.1 Å². The second kappa shape index (κ2) is 2.92. The van der Waals surface area contributed by atoms with E-state index in [1.54, 1.807) is 11.3 Å². The van der Waals surface area contributed by atoms with Crippen LogP contribution in [0.1, 0.15) is 11.8 Å². The van der Waals surface area contributed by atoms with Crippen molar-refractivity contribution in [2.45, 2.75) is 13.3 Å². The Morgan fingerprint density at radius 2 is 1.85 bits per heavy atom. The summed E-state index contributed by atoms with van der Waals surface area (Å²) in [7, 11) is 0. The molecule has 0 aliphatic rings. The molecule has 1 heterocycles. The van der Waals surface area contributed by atoms with Gasteiger partial charge < -0.3 is 11.5 Å². The van der Waals surface area contributed by atoms with Crippen LogP contribution in [0.5, 0.6) is 0 Å². The van der Waals surface area contributed by atoms with Crippen molar-refractivity contribution in [3.05, 3.63) is 23.1 Å². The Hall–Kier alpha value is -1.22. The largest absolute Gasteiger partial charge is 0.397 e. The van der Waals surface area contributed by atoms with E-state index in [4.69, 9.17) is 11.5 Å². The number of nitrogen functional groups attached to an aromatic ring is 2. The Labute approximate surface area is 81.2 Å². The van der Waals surface area contributed by atoms with Crippen molar-refractivity contribution in [1.82, 2.24) is 0 Å². The number of nitrogens with two attached hydrogens (primary N) is 2. The lowest BCUT2D eigenvalue weighted by Crippen LogP contribution is -1.92. The summed E-state index contributed by atoms with van der Waals surface area (Å²) in [5.41, 5.74) is 12.8. The van der Waals surface area contributed by atoms with E-state index in [1.807, 2.05) is 12.1 Å². The van der Waals surface area contributed by atoms with Gasteiger partial charge in [0.15, 0.2) is 0 Å². The quantitative estimate of drug-likeness (QED) is 0.682. The third-order valence-electron chi connectivity index (χ3n) is 2.12. The Morgan fingerprint density at radius 1 is 1.15 bits per heavy atom. The molecule has 68 valence electrons. The van der Waals surface area contributed by atoms with Gasteiger partial charge in [-0.25, -0.2) is 0 Å². The van der Waals surface area contributed by atoms with Crippen LogP contribution in [0, 0.1) is 0 Å². The highest BCUT2D eigenvalue weighted by Gasteiger charge is 2.02. The van der Waals surface area contributed by atoms with E-state index in [0.29, 0.717) is 11.4 Å². The molecular weight excluding hydrogens is 180 g/mol. The first-order valence-electron chi connectivity index (χ1n) is 4.28. The first-order chi connectivity index (χ1) is 6.20. The summed E-state index contributed by atoms with van der Waals surface area (Å²) in [5, 5.41) is 1.20. The molecule has 0 saturated carbocycles. The molecular formula is C10H12N2S. The summed E-state index contributed by atoms with van der Waals surface area (Å²) in [6.07, 6.45) is 1.07. The van der Waals surface area contributed by atoms with Crippen LogP contribution >= 0.6 is 11.3 Å². The lowest BCUT2D eigenvalue weighted by atomic mass is 10.2. The van der Waals surface area contributed by atoms with Gasteiger partial charge in [0, 0.05) is 9.58 Å². The van der Waals surface area contributed by atoms with E-state index < -0.39 is 0 Å². The lowest BCUT2D eigenvalue weighted by Gasteiger charge is -1.98. The monoisotopic (exact) mass is 192 g/mol. The molecule has 0 amide bonds. The van der Waals surface area contributed by atoms with Crippen LogP contribution in [0.4, 0.5) is 11.4 Å². The van der Waals surface area contributed by atoms with Gasteiger partial charge >= 0.3 is 0 Å². The maximum absolute atomic E-state index is 5.72. The zero-order valence-electron chi connectivity index (χ0n) is 7.50. The van der Waals surface area contributed by atoms with Gasteiger partial charge in [-0.05, 0) is 30.0 Å². The lowest BCUT2D eigenvalue weighted by molar-refractivity contribution is 1.19. The minimum Gasteiger partial charge on any atom is -0.397 e. The molecule has 0 unspecified atom stereocenters. The van der Waals surface area contributed by atoms with E-state index in [-0.39, 0.29) is 0 Å². The summed E-state index contributed by atoms with van der Waals surface area (Å²) in [5.74, 6) is 0. The topological polar surface area (TPSA) is 52.0 Å². The highest BCUT2D eigenvalue weighted by atomic mass is 32.1. The highest BCUT2D eigenvalue weighted by Crippen LogP contribution is 2.30. The van der Waals surface area contributed by atoms with Crippen molar-refractivity contribution in [2.75, 3.05) is 11.5 Å². The number of hydrogen-bond acceptors (Lipinski definition) is 3. The molecule has 0 radical (unpaired) electrons. The highest BCUT2D eigenvalue weighted by molar-refractivity contribution is 7.19. The zero-order chi connectivity index (χ0) is 9.42. The van der Waals surface area contributed by atoms with Gasteiger partial charge in [-0.2, -0.15) is 0 Å². The zero-order valence-corrected chi connectivity index (χ0v) is 8.32. The third-order valence-corrected chi connectivity index (χ3v) is 3.36. The minimum atomic E-state index is 0.674. The van der Waals surface area contributed by atoms with Crippen molar-refractivity contribution in [2.24, 2.45) is 0 Å². The fourth-order valence-corrected chi connectivity index (χ4v) is 2.38. The molecule has 3 heteroatoms. The molecule has 13 heavy (non-hydrogen) atoms. The Bertz CT molecular complexity index is 406. The molecule has 0 fully saturated rings. The molecule has 0 saturated heterocycles. The maximum atomic E-state index is 5.72. The van der Waals surface area contributed by atoms with Crippen LogP contribution < -0.4 is 11.5 Å². The molecule has 1 aromatic heterocycles. The van der Waals surface area contributed by atoms with Crippen LogP contribution in [0.2, 0.25) is 0 Å². The molecule has 0 spiro atoms. The predicted octanol–water partition coefficient (Wildman–Crippen LogP) is 2.63. The molecule has 0 aliphatic carbocycles. The Kier molecular flexibility index (Phi) is 1.88. The third kappa shape index (κ3) is 1.35. The number of thiophene rings is 1. The number of anilines is 2. The summed E-state index contributed by atoms with van der Waals surface area (Å²) >= 11 is 1.78. The number of benzene rings is 1. The van der Waals surface area contributed by atoms with Crippen LogP contribution in [0.3, 0.4) is 0 Å². The Balaban J connectivity index is 2.70. The van der Waals surface area contributed by atoms with Crippen LogP contribution in [-0.4, -0.2) is 0 Å². The number of hydrogen-bond donors (Lipinski definition) is 2. The average Bonchev–Trinajstić information content (AvgIpc) is 2.48. The van der Waals surface area contributed by atoms with Crippen molar-refractivity contribution >= 4 is 32.8 Å². The van der Waals surface area contributed by atoms with Gasteiger partial charge in [0.1, 0.15) is 0 Å². The van der Waals surface area contributed by atoms with E-state index in [2.05, 4.69) is 13.0 Å². The van der Waals surface area contributed by atoms with Crippen LogP contribution in [0.15, 0.2) is 18.2 Å². The molecule has 1 aromatic carbocycles. The first-order valence-corrected chi connectivity index (χ1v) is 5.09. The minimum absolute atomic E-state index is 0.674. The van der Waals surface area contributed by atoms with Gasteiger partial charge in [0.2, 0.25) is 0 Å². The van der Waals surface area contributed by atoms with E-state index >= 15 is 0 Å². The summed E-state index contributed by atoms with van der Waals surface area (Å²) in [6.45, 7) is 2.15. The van der Waals surface area contributed by atoms with E-state index in [1.165, 1.54) is 15.0 Å². The van der Waals surface area contributed by atoms with Gasteiger partial charge in [0.25, 0.3) is 0 Å². The van der Waals surface area contributed by atoms with E-state index in [0.717, 1.165) is 6.42 Å². The molecule has 0 bridgehead atoms. The fraction of sp³-hybridized carbons (Fsp3) is 0.200. The van der Waals surface area contributed by atoms with Crippen LogP contribution in [-0.2, 0) is 6.42 Å². The fourth-order valence-electron chi connectivity index (χ4n) is 1.35. The van der Waals surface area contributed by atoms with Gasteiger partial charge in [-0.15, -0.1) is 11.3 Å². The summed E-state index contributed by atoms with van der Waals surface area (Å²) in [4.78, 5) is 1.38. The number of aryl methyl sites for hydroxylation is 1. The maximum Gasteiger partial charge on any atom is 0.0562 e. The first kappa shape index (κ1) is 8.38. The second-order valence-electron chi connectivity index (χ2n) is 3.09. The standard InChI is InChI=1S/C10H12N2S/c1-2-7-3-6-4-8(11)9(12)5-10(6)13-7/h3-5H,2,11-12H2,1H3. The van der Waals surface area contributed by atoms with E-state index in [9.17, 15) is 0 Å².